The highest BCUT2D eigenvalue weighted by Crippen LogP contribution is 2.19. The van der Waals surface area contributed by atoms with E-state index >= 15 is 0 Å². The molecule has 2 unspecified atom stereocenters. The van der Waals surface area contributed by atoms with Crippen LogP contribution in [0.5, 0.6) is 0 Å². The molecule has 1 aliphatic rings. The Morgan fingerprint density at radius 2 is 2.12 bits per heavy atom. The van der Waals surface area contributed by atoms with Gasteiger partial charge in [-0.15, -0.1) is 0 Å². The molecule has 1 fully saturated rings. The molecule has 0 saturated carbocycles. The average molecular weight is 219 g/mol. The highest BCUT2D eigenvalue weighted by Gasteiger charge is 2.28. The van der Waals surface area contributed by atoms with Crippen LogP contribution in [0.4, 0.5) is 0 Å². The van der Waals surface area contributed by atoms with Gasteiger partial charge in [-0.05, 0) is 37.2 Å². The van der Waals surface area contributed by atoms with Crippen molar-refractivity contribution in [3.05, 3.63) is 30.1 Å². The molecule has 1 aromatic heterocycles. The maximum atomic E-state index is 4.05. The smallest absolute Gasteiger partial charge is 0.0271 e. The van der Waals surface area contributed by atoms with E-state index < -0.39 is 0 Å². The van der Waals surface area contributed by atoms with E-state index in [1.807, 2.05) is 12.4 Å². The first kappa shape index (κ1) is 11.6. The lowest BCUT2D eigenvalue weighted by molar-refractivity contribution is 0.201. The Labute approximate surface area is 97.9 Å². The van der Waals surface area contributed by atoms with Crippen LogP contribution in [0.15, 0.2) is 24.5 Å². The topological polar surface area (TPSA) is 28.2 Å². The Morgan fingerprint density at radius 1 is 1.38 bits per heavy atom. The maximum Gasteiger partial charge on any atom is 0.0271 e. The first-order valence-corrected chi connectivity index (χ1v) is 6.11. The van der Waals surface area contributed by atoms with Crippen LogP contribution < -0.4 is 5.32 Å². The van der Waals surface area contributed by atoms with Crippen molar-refractivity contribution in [2.24, 2.45) is 5.92 Å². The molecule has 1 N–H and O–H groups in total. The fourth-order valence-corrected chi connectivity index (χ4v) is 2.54. The average Bonchev–Trinajstić information content (AvgIpc) is 2.78. The third-order valence-electron chi connectivity index (χ3n) is 3.58. The number of rotatable bonds is 4. The molecule has 2 atom stereocenters. The molecule has 0 bridgehead atoms. The summed E-state index contributed by atoms with van der Waals surface area (Å²) >= 11 is 0. The van der Waals surface area contributed by atoms with E-state index in [1.54, 1.807) is 0 Å². The van der Waals surface area contributed by atoms with Crippen molar-refractivity contribution in [1.82, 2.24) is 15.2 Å². The second-order valence-electron chi connectivity index (χ2n) is 4.66. The Bertz CT molecular complexity index is 312. The number of pyridine rings is 1. The lowest BCUT2D eigenvalue weighted by atomic mass is 9.99. The summed E-state index contributed by atoms with van der Waals surface area (Å²) < 4.78 is 0. The third kappa shape index (κ3) is 2.60. The van der Waals surface area contributed by atoms with Crippen molar-refractivity contribution in [3.8, 4) is 0 Å². The summed E-state index contributed by atoms with van der Waals surface area (Å²) in [5.41, 5.74) is 1.35. The zero-order chi connectivity index (χ0) is 11.4. The molecule has 0 aliphatic carbocycles. The molecule has 2 rings (SSSR count). The molecule has 0 radical (unpaired) electrons. The fourth-order valence-electron chi connectivity index (χ4n) is 2.54. The quantitative estimate of drug-likeness (QED) is 0.832. The van der Waals surface area contributed by atoms with Gasteiger partial charge in [0.25, 0.3) is 0 Å². The molecule has 16 heavy (non-hydrogen) atoms. The first-order valence-electron chi connectivity index (χ1n) is 6.11. The predicted octanol–water partition coefficient (Wildman–Crippen LogP) is 1.51. The van der Waals surface area contributed by atoms with Crippen molar-refractivity contribution in [2.45, 2.75) is 25.9 Å². The largest absolute Gasteiger partial charge is 0.315 e. The van der Waals surface area contributed by atoms with Gasteiger partial charge in [-0.1, -0.05) is 13.3 Å². The molecular weight excluding hydrogens is 198 g/mol. The van der Waals surface area contributed by atoms with Gasteiger partial charge < -0.3 is 5.32 Å². The number of nitrogens with one attached hydrogen (secondary N) is 1. The van der Waals surface area contributed by atoms with Crippen molar-refractivity contribution >= 4 is 0 Å². The molecule has 0 amide bonds. The van der Waals surface area contributed by atoms with Crippen LogP contribution in [0.25, 0.3) is 0 Å². The number of aromatic nitrogens is 1. The molecule has 0 spiro atoms. The number of hydrogen-bond acceptors (Lipinski definition) is 3. The highest BCUT2D eigenvalue weighted by molar-refractivity contribution is 5.09. The summed E-state index contributed by atoms with van der Waals surface area (Å²) in [5, 5.41) is 3.49. The van der Waals surface area contributed by atoms with E-state index in [2.05, 4.69) is 41.3 Å². The van der Waals surface area contributed by atoms with Crippen molar-refractivity contribution in [2.75, 3.05) is 20.1 Å². The van der Waals surface area contributed by atoms with Crippen LogP contribution in [0.1, 0.15) is 18.9 Å². The summed E-state index contributed by atoms with van der Waals surface area (Å²) in [6.07, 6.45) is 5.00. The minimum absolute atomic E-state index is 0.679. The van der Waals surface area contributed by atoms with Crippen LogP contribution in [0.2, 0.25) is 0 Å². The van der Waals surface area contributed by atoms with Gasteiger partial charge in [-0.25, -0.2) is 0 Å². The van der Waals surface area contributed by atoms with Crippen LogP contribution >= 0.6 is 0 Å². The van der Waals surface area contributed by atoms with Gasteiger partial charge in [-0.2, -0.15) is 0 Å². The molecule has 1 aliphatic heterocycles. The highest BCUT2D eigenvalue weighted by atomic mass is 15.2. The fraction of sp³-hybridized carbons (Fsp3) is 0.615. The van der Waals surface area contributed by atoms with Crippen molar-refractivity contribution in [3.63, 3.8) is 0 Å². The number of likely N-dealkylation sites (N-methyl/N-ethyl adjacent to an activating group) is 1. The maximum absolute atomic E-state index is 4.05. The molecule has 1 aromatic rings. The lowest BCUT2D eigenvalue weighted by Crippen LogP contribution is -2.37. The Hall–Kier alpha value is -0.930. The van der Waals surface area contributed by atoms with Crippen LogP contribution in [-0.2, 0) is 6.54 Å². The SMILES string of the molecule is CCC1CNCC1N(C)Cc1ccncc1. The van der Waals surface area contributed by atoms with Crippen molar-refractivity contribution in [1.29, 1.82) is 0 Å². The van der Waals surface area contributed by atoms with E-state index in [1.165, 1.54) is 18.5 Å². The first-order chi connectivity index (χ1) is 7.81. The zero-order valence-corrected chi connectivity index (χ0v) is 10.2. The van der Waals surface area contributed by atoms with Gasteiger partial charge in [0.15, 0.2) is 0 Å². The molecule has 88 valence electrons. The van der Waals surface area contributed by atoms with E-state index in [0.717, 1.165) is 19.0 Å². The third-order valence-corrected chi connectivity index (χ3v) is 3.58. The summed E-state index contributed by atoms with van der Waals surface area (Å²) in [4.78, 5) is 6.51. The monoisotopic (exact) mass is 219 g/mol. The molecule has 3 heteroatoms. The number of hydrogen-bond donors (Lipinski definition) is 1. The van der Waals surface area contributed by atoms with Crippen molar-refractivity contribution < 1.29 is 0 Å². The standard InChI is InChI=1S/C13H21N3/c1-3-12-8-15-9-13(12)16(2)10-11-4-6-14-7-5-11/h4-7,12-13,15H,3,8-10H2,1-2H3. The minimum Gasteiger partial charge on any atom is -0.315 e. The van der Waals surface area contributed by atoms with Crippen LogP contribution in [0.3, 0.4) is 0 Å². The second-order valence-corrected chi connectivity index (χ2v) is 4.66. The van der Waals surface area contributed by atoms with E-state index in [0.29, 0.717) is 6.04 Å². The summed E-state index contributed by atoms with van der Waals surface area (Å²) in [6, 6.07) is 4.87. The summed E-state index contributed by atoms with van der Waals surface area (Å²) in [6.45, 7) is 5.60. The van der Waals surface area contributed by atoms with Crippen LogP contribution in [0, 0.1) is 5.92 Å². The van der Waals surface area contributed by atoms with Gasteiger partial charge in [0.2, 0.25) is 0 Å². The predicted molar refractivity (Wildman–Crippen MR) is 66.1 cm³/mol. The summed E-state index contributed by atoms with van der Waals surface area (Å²) in [5.74, 6) is 0.798. The Balaban J connectivity index is 1.95. The van der Waals surface area contributed by atoms with Gasteiger partial charge in [0.05, 0.1) is 0 Å². The lowest BCUT2D eigenvalue weighted by Gasteiger charge is -2.28. The van der Waals surface area contributed by atoms with Gasteiger partial charge in [-0.3, -0.25) is 9.88 Å². The van der Waals surface area contributed by atoms with E-state index in [4.69, 9.17) is 0 Å². The molecule has 2 heterocycles. The zero-order valence-electron chi connectivity index (χ0n) is 10.2. The Kier molecular flexibility index (Phi) is 3.91. The summed E-state index contributed by atoms with van der Waals surface area (Å²) in [7, 11) is 2.22. The minimum atomic E-state index is 0.679. The van der Waals surface area contributed by atoms with E-state index in [9.17, 15) is 0 Å². The second kappa shape index (κ2) is 5.41. The van der Waals surface area contributed by atoms with Gasteiger partial charge in [0.1, 0.15) is 0 Å². The van der Waals surface area contributed by atoms with Gasteiger partial charge in [0, 0.05) is 31.5 Å². The van der Waals surface area contributed by atoms with Gasteiger partial charge >= 0.3 is 0 Å². The Morgan fingerprint density at radius 3 is 2.81 bits per heavy atom. The molecule has 3 nitrogen and oxygen atoms in total. The number of nitrogens with zero attached hydrogens (tertiary/aromatic N) is 2. The molecule has 1 saturated heterocycles. The molecule has 0 aromatic carbocycles. The molecular formula is C13H21N3. The normalized spacial score (nSPS) is 25.2. The van der Waals surface area contributed by atoms with Crippen LogP contribution in [-0.4, -0.2) is 36.1 Å². The van der Waals surface area contributed by atoms with E-state index in [-0.39, 0.29) is 0 Å².